The molecule has 0 aromatic heterocycles. The number of ketones is 1. The van der Waals surface area contributed by atoms with E-state index in [2.05, 4.69) is 24.5 Å². The van der Waals surface area contributed by atoms with Crippen LogP contribution in [0.4, 0.5) is 4.79 Å². The van der Waals surface area contributed by atoms with Gasteiger partial charge in [-0.15, -0.1) is 6.58 Å². The van der Waals surface area contributed by atoms with Crippen LogP contribution >= 0.6 is 12.6 Å². The van der Waals surface area contributed by atoms with Crippen LogP contribution in [-0.2, 0) is 42.7 Å². The van der Waals surface area contributed by atoms with Gasteiger partial charge in [0.05, 0.1) is 72.5 Å². The van der Waals surface area contributed by atoms with Crippen molar-refractivity contribution in [2.24, 2.45) is 0 Å². The second kappa shape index (κ2) is 32.8. The van der Waals surface area contributed by atoms with E-state index < -0.39 is 12.1 Å². The number of esters is 1. The van der Waals surface area contributed by atoms with Crippen LogP contribution in [0.25, 0.3) is 0 Å². The molecule has 1 aliphatic carbocycles. The zero-order chi connectivity index (χ0) is 29.0. The lowest BCUT2D eigenvalue weighted by atomic mass is 9.97. The Morgan fingerprint density at radius 1 is 0.780 bits per heavy atom. The molecule has 0 radical (unpaired) electrons. The Hall–Kier alpha value is -1.70. The number of allylic oxidation sites excluding steroid dienone is 1. The second-order valence-electron chi connectivity index (χ2n) is 8.66. The predicted octanol–water partition coefficient (Wildman–Crippen LogP) is 4.66. The van der Waals surface area contributed by atoms with Gasteiger partial charge >= 0.3 is 12.1 Å². The highest BCUT2D eigenvalue weighted by atomic mass is 32.1. The number of rotatable bonds is 22. The number of hydrogen-bond acceptors (Lipinski definition) is 11. The first-order chi connectivity index (χ1) is 18.9. The van der Waals surface area contributed by atoms with Gasteiger partial charge in [-0.25, -0.2) is 4.79 Å². The molecule has 0 saturated heterocycles. The third-order valence-corrected chi connectivity index (χ3v) is 5.61. The maximum Gasteiger partial charge on any atom is 0.407 e. The average molecular weight is 614 g/mol. The summed E-state index contributed by atoms with van der Waals surface area (Å²) in [6.45, 7) is 11.4. The molecule has 1 saturated carbocycles. The molecule has 12 heteroatoms. The third kappa shape index (κ3) is 32.7. The Balaban J connectivity index is -0.00000115. The Morgan fingerprint density at radius 3 is 1.63 bits per heavy atom. The SMILES string of the molecule is C.C.C=CC.CC(=O)CCC(=O)OCCOCCOCCOCCOCCOCCNC(=O)OC1CCC(S)CC1.[HH]. The molecule has 1 N–H and O–H groups in total. The lowest BCUT2D eigenvalue weighted by Gasteiger charge is -2.25. The minimum absolute atomic E-state index is 0. The van der Waals surface area contributed by atoms with Gasteiger partial charge < -0.3 is 43.3 Å². The van der Waals surface area contributed by atoms with E-state index in [4.69, 9.17) is 33.2 Å². The van der Waals surface area contributed by atoms with E-state index in [1.54, 1.807) is 6.08 Å². The summed E-state index contributed by atoms with van der Waals surface area (Å²) in [5.41, 5.74) is 0. The Bertz CT molecular complexity index is 638. The van der Waals surface area contributed by atoms with Crippen LogP contribution in [0.15, 0.2) is 12.7 Å². The van der Waals surface area contributed by atoms with Crippen molar-refractivity contribution < 1.29 is 49.0 Å². The van der Waals surface area contributed by atoms with Crippen molar-refractivity contribution >= 4 is 30.5 Å². The third-order valence-electron chi connectivity index (χ3n) is 5.09. The van der Waals surface area contributed by atoms with Gasteiger partial charge in [-0.3, -0.25) is 4.79 Å². The smallest absolute Gasteiger partial charge is 0.407 e. The summed E-state index contributed by atoms with van der Waals surface area (Å²) in [6, 6.07) is 0. The number of thiol groups is 1. The number of carbonyl (C=O) groups excluding carboxylic acids is 3. The molecular weight excluding hydrogens is 554 g/mol. The van der Waals surface area contributed by atoms with Crippen molar-refractivity contribution in [1.29, 1.82) is 0 Å². The van der Waals surface area contributed by atoms with Crippen molar-refractivity contribution in [3.8, 4) is 0 Å². The number of Topliss-reactive ketones (excluding diaryl/α,β-unsaturated/α-hetero) is 1. The Kier molecular flexibility index (Phi) is 35.0. The van der Waals surface area contributed by atoms with Gasteiger partial charge in [-0.05, 0) is 39.5 Å². The van der Waals surface area contributed by atoms with E-state index in [1.807, 2.05) is 6.92 Å². The fourth-order valence-electron chi connectivity index (χ4n) is 3.13. The maximum absolute atomic E-state index is 11.7. The molecule has 11 nitrogen and oxygen atoms in total. The number of hydrogen-bond donors (Lipinski definition) is 2. The molecular formula is C29H59NO10S. The lowest BCUT2D eigenvalue weighted by Crippen LogP contribution is -2.33. The van der Waals surface area contributed by atoms with Gasteiger partial charge in [-0.1, -0.05) is 20.9 Å². The van der Waals surface area contributed by atoms with Gasteiger partial charge in [0.15, 0.2) is 0 Å². The first kappa shape index (κ1) is 43.7. The molecule has 0 aromatic carbocycles. The van der Waals surface area contributed by atoms with Gasteiger partial charge in [0.25, 0.3) is 0 Å². The lowest BCUT2D eigenvalue weighted by molar-refractivity contribution is -0.146. The number of ether oxygens (including phenoxy) is 7. The zero-order valence-electron chi connectivity index (χ0n) is 23.7. The van der Waals surface area contributed by atoms with Crippen molar-refractivity contribution in [1.82, 2.24) is 5.32 Å². The van der Waals surface area contributed by atoms with Crippen LogP contribution in [-0.4, -0.2) is 108 Å². The van der Waals surface area contributed by atoms with E-state index in [0.717, 1.165) is 25.7 Å². The van der Waals surface area contributed by atoms with Crippen molar-refractivity contribution in [2.45, 2.75) is 78.6 Å². The van der Waals surface area contributed by atoms with Gasteiger partial charge in [-0.2, -0.15) is 12.6 Å². The molecule has 0 unspecified atom stereocenters. The van der Waals surface area contributed by atoms with Crippen LogP contribution in [0.5, 0.6) is 0 Å². The van der Waals surface area contributed by atoms with E-state index >= 15 is 0 Å². The van der Waals surface area contributed by atoms with Gasteiger partial charge in [0.2, 0.25) is 0 Å². The van der Waals surface area contributed by atoms with Crippen LogP contribution < -0.4 is 5.32 Å². The maximum atomic E-state index is 11.7. The fraction of sp³-hybridized carbons (Fsp3) is 0.828. The van der Waals surface area contributed by atoms with Crippen LogP contribution in [0.1, 0.15) is 68.7 Å². The number of amides is 1. The van der Waals surface area contributed by atoms with Crippen LogP contribution in [0.2, 0.25) is 0 Å². The highest BCUT2D eigenvalue weighted by Gasteiger charge is 2.21. The van der Waals surface area contributed by atoms with E-state index in [1.165, 1.54) is 6.92 Å². The highest BCUT2D eigenvalue weighted by Crippen LogP contribution is 2.24. The standard InChI is InChI=1S/C24H43NO10S.C3H6.2CH4.H2/c1-20(26)2-7-23(27)34-19-18-33-17-16-32-15-14-31-13-12-30-11-10-29-9-8-25-24(28)35-21-3-5-22(36)6-4-21;1-3-2;;;/h21-22,36H,2-19H2,1H3,(H,25,28);3H,1H2,2H3;2*1H4;1H. The largest absolute Gasteiger partial charge is 0.463 e. The number of carbonyl (C=O) groups is 3. The topological polar surface area (TPSA) is 128 Å². The monoisotopic (exact) mass is 613 g/mol. The first-order valence-electron chi connectivity index (χ1n) is 13.6. The molecule has 0 bridgehead atoms. The molecule has 0 heterocycles. The normalized spacial score (nSPS) is 15.7. The summed E-state index contributed by atoms with van der Waals surface area (Å²) in [5.74, 6) is -0.432. The molecule has 1 aliphatic rings. The molecule has 1 amide bonds. The molecule has 0 atom stereocenters. The molecule has 246 valence electrons. The van der Waals surface area contributed by atoms with Crippen molar-refractivity contribution in [3.05, 3.63) is 12.7 Å². The van der Waals surface area contributed by atoms with Crippen LogP contribution in [0, 0.1) is 0 Å². The Labute approximate surface area is 255 Å². The molecule has 0 aromatic rings. The summed E-state index contributed by atoms with van der Waals surface area (Å²) in [5, 5.41) is 3.11. The summed E-state index contributed by atoms with van der Waals surface area (Å²) in [6.07, 6.45) is 5.35. The van der Waals surface area contributed by atoms with Crippen molar-refractivity contribution in [2.75, 3.05) is 79.2 Å². The van der Waals surface area contributed by atoms with E-state index in [0.29, 0.717) is 71.3 Å². The summed E-state index contributed by atoms with van der Waals surface area (Å²) in [4.78, 5) is 33.8. The minimum Gasteiger partial charge on any atom is -0.463 e. The van der Waals surface area contributed by atoms with E-state index in [-0.39, 0.29) is 54.2 Å². The molecule has 1 rings (SSSR count). The molecule has 41 heavy (non-hydrogen) atoms. The molecule has 1 fully saturated rings. The quantitative estimate of drug-likeness (QED) is 0.0770. The zero-order valence-corrected chi connectivity index (χ0v) is 24.6. The molecule has 0 aliphatic heterocycles. The highest BCUT2D eigenvalue weighted by molar-refractivity contribution is 7.80. The Morgan fingerprint density at radius 2 is 1.20 bits per heavy atom. The fourth-order valence-corrected chi connectivity index (χ4v) is 3.43. The average Bonchev–Trinajstić information content (AvgIpc) is 2.90. The summed E-state index contributed by atoms with van der Waals surface area (Å²) in [7, 11) is 0. The van der Waals surface area contributed by atoms with Gasteiger partial charge in [0.1, 0.15) is 18.5 Å². The second-order valence-corrected chi connectivity index (χ2v) is 9.39. The minimum atomic E-state index is -0.396. The summed E-state index contributed by atoms with van der Waals surface area (Å²) >= 11 is 4.44. The summed E-state index contributed by atoms with van der Waals surface area (Å²) < 4.78 is 37.2. The number of nitrogens with one attached hydrogen (secondary N) is 1. The molecule has 0 spiro atoms. The van der Waals surface area contributed by atoms with Crippen LogP contribution in [0.3, 0.4) is 0 Å². The van der Waals surface area contributed by atoms with E-state index in [9.17, 15) is 14.4 Å². The van der Waals surface area contributed by atoms with Gasteiger partial charge in [0, 0.05) is 19.6 Å². The predicted molar refractivity (Wildman–Crippen MR) is 166 cm³/mol. The van der Waals surface area contributed by atoms with Crippen molar-refractivity contribution in [3.63, 3.8) is 0 Å². The number of alkyl carbamates (subject to hydrolysis) is 1. The first-order valence-corrected chi connectivity index (χ1v) is 14.1.